The van der Waals surface area contributed by atoms with Crippen LogP contribution in [0, 0.1) is 0 Å². The van der Waals surface area contributed by atoms with Crippen LogP contribution in [-0.2, 0) is 15.1 Å². The molecule has 2 amide bonds. The first-order valence-corrected chi connectivity index (χ1v) is 12.1. The van der Waals surface area contributed by atoms with E-state index in [1.165, 1.54) is 4.90 Å². The van der Waals surface area contributed by atoms with Crippen molar-refractivity contribution >= 4 is 22.7 Å². The van der Waals surface area contributed by atoms with Gasteiger partial charge in [0.1, 0.15) is 0 Å². The topological polar surface area (TPSA) is 95.1 Å². The van der Waals surface area contributed by atoms with Crippen LogP contribution in [0.3, 0.4) is 0 Å². The molecule has 2 atom stereocenters. The van der Waals surface area contributed by atoms with Crippen molar-refractivity contribution in [1.29, 1.82) is 0 Å². The lowest BCUT2D eigenvalue weighted by molar-refractivity contribution is -0.166. The lowest BCUT2D eigenvalue weighted by Crippen LogP contribution is -2.67. The molecule has 184 valence electrons. The van der Waals surface area contributed by atoms with Gasteiger partial charge in [0.2, 0.25) is 5.91 Å². The Hall–Kier alpha value is -3.52. The smallest absolute Gasteiger partial charge is 0.255 e. The van der Waals surface area contributed by atoms with Crippen molar-refractivity contribution in [3.8, 4) is 11.5 Å². The van der Waals surface area contributed by atoms with Gasteiger partial charge in [-0.3, -0.25) is 9.59 Å². The molecule has 0 aliphatic carbocycles. The van der Waals surface area contributed by atoms with Crippen LogP contribution in [0.4, 0.5) is 0 Å². The maximum atomic E-state index is 13.7. The number of piperazine rings is 1. The van der Waals surface area contributed by atoms with Crippen molar-refractivity contribution in [3.05, 3.63) is 59.3 Å². The molecule has 1 aromatic heterocycles. The fourth-order valence-corrected chi connectivity index (χ4v) is 5.51. The van der Waals surface area contributed by atoms with Gasteiger partial charge >= 0.3 is 0 Å². The lowest BCUT2D eigenvalue weighted by Gasteiger charge is -2.51. The highest BCUT2D eigenvalue weighted by molar-refractivity contribution is 6.01. The van der Waals surface area contributed by atoms with Crippen molar-refractivity contribution in [2.45, 2.75) is 31.7 Å². The largest absolute Gasteiger partial charge is 0.493 e. The third kappa shape index (κ3) is 3.55. The summed E-state index contributed by atoms with van der Waals surface area (Å²) < 4.78 is 11.5. The number of carbonyl (C=O) groups excluding carboxylic acids is 2. The number of benzene rings is 2. The summed E-state index contributed by atoms with van der Waals surface area (Å²) in [5, 5.41) is 10.5. The number of aliphatic hydroxyl groups is 1. The van der Waals surface area contributed by atoms with E-state index >= 15 is 0 Å². The number of aliphatic hydroxyl groups excluding tert-OH is 1. The molecule has 0 unspecified atom stereocenters. The highest BCUT2D eigenvalue weighted by Gasteiger charge is 2.56. The molecule has 1 fully saturated rings. The number of aromatic nitrogens is 1. The molecule has 2 aliphatic heterocycles. The molecule has 2 aromatic carbocycles. The molecular weight excluding hydrogens is 446 g/mol. The number of H-pyrrole nitrogens is 1. The average molecular weight is 478 g/mol. The monoisotopic (exact) mass is 477 g/mol. The molecule has 2 aliphatic rings. The van der Waals surface area contributed by atoms with E-state index in [1.54, 1.807) is 12.0 Å². The Kier molecular flexibility index (Phi) is 5.92. The molecule has 5 rings (SSSR count). The summed E-state index contributed by atoms with van der Waals surface area (Å²) in [5.41, 5.74) is 2.46. The fraction of sp³-hybridized carbons (Fsp3) is 0.407. The van der Waals surface area contributed by atoms with E-state index in [0.29, 0.717) is 24.7 Å². The molecule has 8 heteroatoms. The third-order valence-electron chi connectivity index (χ3n) is 7.24. The molecule has 2 N–H and O–H groups in total. The molecule has 3 heterocycles. The number of rotatable bonds is 7. The summed E-state index contributed by atoms with van der Waals surface area (Å²) in [6.45, 7) is 4.72. The molecule has 35 heavy (non-hydrogen) atoms. The molecule has 3 aromatic rings. The van der Waals surface area contributed by atoms with Gasteiger partial charge in [-0.25, -0.2) is 0 Å². The first-order valence-electron chi connectivity index (χ1n) is 12.1. The van der Waals surface area contributed by atoms with Crippen molar-refractivity contribution < 1.29 is 24.2 Å². The van der Waals surface area contributed by atoms with Gasteiger partial charge in [-0.15, -0.1) is 0 Å². The van der Waals surface area contributed by atoms with Gasteiger partial charge < -0.3 is 29.4 Å². The summed E-state index contributed by atoms with van der Waals surface area (Å²) in [5.74, 6) is 0.843. The highest BCUT2D eigenvalue weighted by Crippen LogP contribution is 2.48. The van der Waals surface area contributed by atoms with Crippen molar-refractivity contribution in [2.75, 3.05) is 40.0 Å². The van der Waals surface area contributed by atoms with E-state index in [-0.39, 0.29) is 37.4 Å². The number of carbonyl (C=O) groups is 2. The summed E-state index contributed by atoms with van der Waals surface area (Å²) in [6, 6.07) is 13.9. The van der Waals surface area contributed by atoms with E-state index in [1.807, 2.05) is 49.4 Å². The second kappa shape index (κ2) is 8.92. The fourth-order valence-electron chi connectivity index (χ4n) is 5.51. The normalized spacial score (nSPS) is 21.8. The van der Waals surface area contributed by atoms with Gasteiger partial charge in [-0.1, -0.05) is 31.2 Å². The van der Waals surface area contributed by atoms with Crippen LogP contribution in [-0.4, -0.2) is 71.7 Å². The zero-order valence-corrected chi connectivity index (χ0v) is 20.3. The van der Waals surface area contributed by atoms with Crippen LogP contribution in [0.1, 0.15) is 43.0 Å². The standard InChI is InChI=1S/C27H31N3O5/c1-4-13-35-21-10-9-17(14-22(21)34-3)19-15-30-23(32)16-29(11-12-31)26(33)27(30,2)25-24(19)18-7-5-6-8-20(18)28-25/h5-10,14,19,28,31H,4,11-13,15-16H2,1-3H3/t19-,27-/m0/s1. The predicted octanol–water partition coefficient (Wildman–Crippen LogP) is 2.99. The maximum Gasteiger partial charge on any atom is 0.255 e. The van der Waals surface area contributed by atoms with Gasteiger partial charge in [-0.05, 0) is 42.7 Å². The van der Waals surface area contributed by atoms with E-state index in [4.69, 9.17) is 9.47 Å². The molecule has 8 nitrogen and oxygen atoms in total. The number of amides is 2. The Morgan fingerprint density at radius 1 is 1.17 bits per heavy atom. The average Bonchev–Trinajstić information content (AvgIpc) is 3.27. The summed E-state index contributed by atoms with van der Waals surface area (Å²) in [4.78, 5) is 33.7. The number of aromatic amines is 1. The van der Waals surface area contributed by atoms with Crippen LogP contribution in [0.2, 0.25) is 0 Å². The first kappa shape index (κ1) is 23.2. The zero-order valence-electron chi connectivity index (χ0n) is 20.3. The molecule has 0 radical (unpaired) electrons. The van der Waals surface area contributed by atoms with Gasteiger partial charge in [0, 0.05) is 29.9 Å². The number of hydrogen-bond donors (Lipinski definition) is 2. The molecule has 0 bridgehead atoms. The Bertz CT molecular complexity index is 1290. The Balaban J connectivity index is 1.69. The highest BCUT2D eigenvalue weighted by atomic mass is 16.5. The van der Waals surface area contributed by atoms with Crippen molar-refractivity contribution in [3.63, 3.8) is 0 Å². The van der Waals surface area contributed by atoms with Gasteiger partial charge in [-0.2, -0.15) is 0 Å². The molecular formula is C27H31N3O5. The molecule has 0 spiro atoms. The minimum atomic E-state index is -1.18. The van der Waals surface area contributed by atoms with E-state index in [9.17, 15) is 14.7 Å². The van der Waals surface area contributed by atoms with Crippen LogP contribution in [0.15, 0.2) is 42.5 Å². The van der Waals surface area contributed by atoms with E-state index in [2.05, 4.69) is 11.9 Å². The SMILES string of the molecule is CCCOc1ccc([C@@H]2CN3C(=O)CN(CCO)C(=O)[C@]3(C)c3[nH]c4ccccc4c32)cc1OC. The summed E-state index contributed by atoms with van der Waals surface area (Å²) >= 11 is 0. The number of nitrogens with one attached hydrogen (secondary N) is 1. The molecule has 0 saturated carbocycles. The Morgan fingerprint density at radius 3 is 2.71 bits per heavy atom. The lowest BCUT2D eigenvalue weighted by atomic mass is 9.76. The van der Waals surface area contributed by atoms with Crippen LogP contribution in [0.5, 0.6) is 11.5 Å². The Morgan fingerprint density at radius 2 is 1.97 bits per heavy atom. The number of nitrogens with zero attached hydrogens (tertiary/aromatic N) is 2. The number of para-hydroxylation sites is 1. The first-order chi connectivity index (χ1) is 16.9. The third-order valence-corrected chi connectivity index (χ3v) is 7.24. The number of β-amino-alcohol motifs (C(OH)–C–C–N with tert-alkyl or cyclic N) is 1. The minimum Gasteiger partial charge on any atom is -0.493 e. The number of hydrogen-bond acceptors (Lipinski definition) is 5. The minimum absolute atomic E-state index is 0.0373. The van der Waals surface area contributed by atoms with Gasteiger partial charge in [0.15, 0.2) is 17.0 Å². The summed E-state index contributed by atoms with van der Waals surface area (Å²) in [7, 11) is 1.62. The second-order valence-corrected chi connectivity index (χ2v) is 9.30. The van der Waals surface area contributed by atoms with Crippen LogP contribution < -0.4 is 9.47 Å². The number of methoxy groups -OCH3 is 1. The van der Waals surface area contributed by atoms with E-state index < -0.39 is 5.54 Å². The van der Waals surface area contributed by atoms with Gasteiger partial charge in [0.05, 0.1) is 32.6 Å². The van der Waals surface area contributed by atoms with Crippen molar-refractivity contribution in [2.24, 2.45) is 0 Å². The molecule has 1 saturated heterocycles. The van der Waals surface area contributed by atoms with Crippen molar-refractivity contribution in [1.82, 2.24) is 14.8 Å². The number of fused-ring (bicyclic) bond motifs is 5. The number of ether oxygens (including phenoxy) is 2. The Labute approximate surface area is 204 Å². The zero-order chi connectivity index (χ0) is 24.7. The maximum absolute atomic E-state index is 13.7. The summed E-state index contributed by atoms with van der Waals surface area (Å²) in [6.07, 6.45) is 0.892. The van der Waals surface area contributed by atoms with Crippen LogP contribution in [0.25, 0.3) is 10.9 Å². The van der Waals surface area contributed by atoms with E-state index in [0.717, 1.165) is 34.1 Å². The van der Waals surface area contributed by atoms with Crippen LogP contribution >= 0.6 is 0 Å². The predicted molar refractivity (Wildman–Crippen MR) is 132 cm³/mol. The van der Waals surface area contributed by atoms with Gasteiger partial charge in [0.25, 0.3) is 5.91 Å². The quantitative estimate of drug-likeness (QED) is 0.546. The second-order valence-electron chi connectivity index (χ2n) is 9.30.